The lowest BCUT2D eigenvalue weighted by atomic mass is 10.1. The van der Waals surface area contributed by atoms with Crippen LogP contribution in [0, 0.1) is 0 Å². The van der Waals surface area contributed by atoms with Crippen molar-refractivity contribution in [2.45, 2.75) is 13.3 Å². The first kappa shape index (κ1) is 15.1. The Hall–Kier alpha value is -1.26. The summed E-state index contributed by atoms with van der Waals surface area (Å²) in [6.07, 6.45) is 0.494. The van der Waals surface area contributed by atoms with Crippen LogP contribution < -0.4 is 0 Å². The number of amides is 2. The van der Waals surface area contributed by atoms with Crippen LogP contribution in [0.2, 0.25) is 10.0 Å². The zero-order valence-corrected chi connectivity index (χ0v) is 12.7. The fourth-order valence-electron chi connectivity index (χ4n) is 2.21. The van der Waals surface area contributed by atoms with Crippen LogP contribution in [0.1, 0.15) is 23.7 Å². The van der Waals surface area contributed by atoms with Gasteiger partial charge in [0.1, 0.15) is 0 Å². The monoisotopic (exact) mass is 314 g/mol. The molecular weight excluding hydrogens is 299 g/mol. The minimum Gasteiger partial charge on any atom is -0.339 e. The summed E-state index contributed by atoms with van der Waals surface area (Å²) in [5.74, 6) is -0.0148. The summed E-state index contributed by atoms with van der Waals surface area (Å²) in [6.45, 7) is 4.01. The summed E-state index contributed by atoms with van der Waals surface area (Å²) in [6, 6.07) is 4.85. The Kier molecular flexibility index (Phi) is 4.89. The molecule has 0 bridgehead atoms. The molecule has 1 aliphatic rings. The molecule has 1 heterocycles. The minimum atomic E-state index is -0.138. The van der Waals surface area contributed by atoms with Gasteiger partial charge < -0.3 is 9.80 Å². The van der Waals surface area contributed by atoms with Gasteiger partial charge >= 0.3 is 0 Å². The summed E-state index contributed by atoms with van der Waals surface area (Å²) in [7, 11) is 0. The van der Waals surface area contributed by atoms with Crippen LogP contribution >= 0.6 is 23.2 Å². The molecule has 2 amide bonds. The van der Waals surface area contributed by atoms with Gasteiger partial charge in [-0.25, -0.2) is 0 Å². The molecule has 1 fully saturated rings. The molecule has 6 heteroatoms. The number of benzene rings is 1. The second-order valence-electron chi connectivity index (χ2n) is 4.65. The van der Waals surface area contributed by atoms with Gasteiger partial charge in [-0.2, -0.15) is 0 Å². The van der Waals surface area contributed by atoms with Crippen molar-refractivity contribution in [3.63, 3.8) is 0 Å². The van der Waals surface area contributed by atoms with Gasteiger partial charge in [0, 0.05) is 37.6 Å². The number of carbonyl (C=O) groups excluding carboxylic acids is 2. The molecular formula is C14H16Cl2N2O2. The summed E-state index contributed by atoms with van der Waals surface area (Å²) in [5.41, 5.74) is 0.412. The van der Waals surface area contributed by atoms with Crippen molar-refractivity contribution < 1.29 is 9.59 Å². The Bertz CT molecular complexity index is 526. The van der Waals surface area contributed by atoms with E-state index in [1.165, 1.54) is 0 Å². The van der Waals surface area contributed by atoms with E-state index in [2.05, 4.69) is 0 Å². The predicted octanol–water partition coefficient (Wildman–Crippen LogP) is 2.69. The molecule has 2 rings (SSSR count). The van der Waals surface area contributed by atoms with Crippen molar-refractivity contribution >= 4 is 35.0 Å². The average Bonchev–Trinajstić information content (AvgIpc) is 2.48. The van der Waals surface area contributed by atoms with Gasteiger partial charge in [-0.3, -0.25) is 9.59 Å². The Morgan fingerprint density at radius 1 is 1.10 bits per heavy atom. The first-order chi connectivity index (χ1) is 9.52. The Balaban J connectivity index is 2.05. The van der Waals surface area contributed by atoms with E-state index < -0.39 is 0 Å². The third-order valence-electron chi connectivity index (χ3n) is 3.38. The molecule has 0 saturated carbocycles. The minimum absolute atomic E-state index is 0.123. The lowest BCUT2D eigenvalue weighted by molar-refractivity contribution is -0.132. The average molecular weight is 315 g/mol. The van der Waals surface area contributed by atoms with Gasteiger partial charge in [-0.15, -0.1) is 0 Å². The van der Waals surface area contributed by atoms with Gasteiger partial charge in [0.05, 0.1) is 10.6 Å². The molecule has 108 valence electrons. The van der Waals surface area contributed by atoms with E-state index >= 15 is 0 Å². The zero-order chi connectivity index (χ0) is 14.7. The highest BCUT2D eigenvalue weighted by Crippen LogP contribution is 2.22. The number of rotatable bonds is 2. The van der Waals surface area contributed by atoms with Crippen LogP contribution in [0.3, 0.4) is 0 Å². The van der Waals surface area contributed by atoms with Crippen LogP contribution in [0.25, 0.3) is 0 Å². The summed E-state index contributed by atoms with van der Waals surface area (Å²) in [4.78, 5) is 27.5. The molecule has 0 unspecified atom stereocenters. The molecule has 0 N–H and O–H groups in total. The SMILES string of the molecule is CCC(=O)N1CCN(C(=O)c2cc(Cl)ccc2Cl)CC1. The molecule has 1 aromatic carbocycles. The summed E-state index contributed by atoms with van der Waals surface area (Å²) in [5, 5.41) is 0.879. The third-order valence-corrected chi connectivity index (χ3v) is 3.95. The van der Waals surface area contributed by atoms with Crippen molar-refractivity contribution in [3.05, 3.63) is 33.8 Å². The van der Waals surface area contributed by atoms with Crippen LogP contribution in [0.4, 0.5) is 0 Å². The smallest absolute Gasteiger partial charge is 0.255 e. The predicted molar refractivity (Wildman–Crippen MR) is 79.2 cm³/mol. The fraction of sp³-hybridized carbons (Fsp3) is 0.429. The van der Waals surface area contributed by atoms with E-state index in [1.54, 1.807) is 28.0 Å². The van der Waals surface area contributed by atoms with E-state index in [9.17, 15) is 9.59 Å². The van der Waals surface area contributed by atoms with Crippen LogP contribution in [0.5, 0.6) is 0 Å². The van der Waals surface area contributed by atoms with Crippen LogP contribution in [0.15, 0.2) is 18.2 Å². The maximum atomic E-state index is 12.4. The maximum absolute atomic E-state index is 12.4. The molecule has 1 saturated heterocycles. The number of halogens is 2. The topological polar surface area (TPSA) is 40.6 Å². The van der Waals surface area contributed by atoms with Crippen molar-refractivity contribution in [1.82, 2.24) is 9.80 Å². The summed E-state index contributed by atoms with van der Waals surface area (Å²) < 4.78 is 0. The lowest BCUT2D eigenvalue weighted by Gasteiger charge is -2.34. The quantitative estimate of drug-likeness (QED) is 0.842. The first-order valence-electron chi connectivity index (χ1n) is 6.55. The number of hydrogen-bond acceptors (Lipinski definition) is 2. The van der Waals surface area contributed by atoms with Gasteiger partial charge in [-0.05, 0) is 18.2 Å². The van der Waals surface area contributed by atoms with Crippen molar-refractivity contribution in [3.8, 4) is 0 Å². The lowest BCUT2D eigenvalue weighted by Crippen LogP contribution is -2.50. The fourth-order valence-corrected chi connectivity index (χ4v) is 2.58. The zero-order valence-electron chi connectivity index (χ0n) is 11.2. The molecule has 4 nitrogen and oxygen atoms in total. The van der Waals surface area contributed by atoms with Gasteiger partial charge in [-0.1, -0.05) is 30.1 Å². The molecule has 1 aromatic rings. The number of piperazine rings is 1. The standard InChI is InChI=1S/C14H16Cl2N2O2/c1-2-13(19)17-5-7-18(8-6-17)14(20)11-9-10(15)3-4-12(11)16/h3-4,9H,2,5-8H2,1H3. The Labute approximate surface area is 128 Å². The highest BCUT2D eigenvalue weighted by Gasteiger charge is 2.25. The number of hydrogen-bond donors (Lipinski definition) is 0. The molecule has 1 aliphatic heterocycles. The highest BCUT2D eigenvalue weighted by atomic mass is 35.5. The van der Waals surface area contributed by atoms with E-state index in [1.807, 2.05) is 6.92 Å². The van der Waals surface area contributed by atoms with Crippen molar-refractivity contribution in [1.29, 1.82) is 0 Å². The van der Waals surface area contributed by atoms with Crippen molar-refractivity contribution in [2.75, 3.05) is 26.2 Å². The Morgan fingerprint density at radius 3 is 2.30 bits per heavy atom. The number of nitrogens with zero attached hydrogens (tertiary/aromatic N) is 2. The van der Waals surface area contributed by atoms with Gasteiger partial charge in [0.15, 0.2) is 0 Å². The van der Waals surface area contributed by atoms with E-state index in [-0.39, 0.29) is 11.8 Å². The molecule has 0 radical (unpaired) electrons. The first-order valence-corrected chi connectivity index (χ1v) is 7.30. The molecule has 0 aliphatic carbocycles. The van der Waals surface area contributed by atoms with E-state index in [4.69, 9.17) is 23.2 Å². The second-order valence-corrected chi connectivity index (χ2v) is 5.49. The van der Waals surface area contributed by atoms with Crippen molar-refractivity contribution in [2.24, 2.45) is 0 Å². The molecule has 20 heavy (non-hydrogen) atoms. The van der Waals surface area contributed by atoms with E-state index in [0.29, 0.717) is 48.2 Å². The molecule has 0 aromatic heterocycles. The van der Waals surface area contributed by atoms with Gasteiger partial charge in [0.25, 0.3) is 5.91 Å². The largest absolute Gasteiger partial charge is 0.339 e. The third kappa shape index (κ3) is 3.25. The normalized spacial score (nSPS) is 15.3. The molecule has 0 spiro atoms. The van der Waals surface area contributed by atoms with Crippen LogP contribution in [-0.4, -0.2) is 47.8 Å². The second kappa shape index (κ2) is 6.46. The highest BCUT2D eigenvalue weighted by molar-refractivity contribution is 6.35. The maximum Gasteiger partial charge on any atom is 0.255 e. The van der Waals surface area contributed by atoms with Gasteiger partial charge in [0.2, 0.25) is 5.91 Å². The van der Waals surface area contributed by atoms with Crippen LogP contribution in [-0.2, 0) is 4.79 Å². The van der Waals surface area contributed by atoms with E-state index in [0.717, 1.165) is 0 Å². The molecule has 0 atom stereocenters. The number of carbonyl (C=O) groups is 2. The Morgan fingerprint density at radius 2 is 1.70 bits per heavy atom. The summed E-state index contributed by atoms with van der Waals surface area (Å²) >= 11 is 11.9.